The second kappa shape index (κ2) is 9.01. The molecular formula is C23H24BrN3O4. The Kier molecular flexibility index (Phi) is 6.59. The van der Waals surface area contributed by atoms with Crippen LogP contribution in [0.2, 0.25) is 0 Å². The lowest BCUT2D eigenvalue weighted by Gasteiger charge is -2.21. The molecule has 7 nitrogen and oxygen atoms in total. The molecule has 0 unspecified atom stereocenters. The number of aromatic nitrogens is 2. The molecule has 3 rings (SSSR count). The molecular weight excluding hydrogens is 462 g/mol. The quantitative estimate of drug-likeness (QED) is 0.397. The van der Waals surface area contributed by atoms with E-state index < -0.39 is 17.5 Å². The Balaban J connectivity index is 2.11. The van der Waals surface area contributed by atoms with Gasteiger partial charge in [0, 0.05) is 15.5 Å². The molecule has 0 saturated heterocycles. The minimum atomic E-state index is -0.785. The van der Waals surface area contributed by atoms with Crippen LogP contribution < -0.4 is 10.3 Å². The number of methoxy groups -OCH3 is 1. The fourth-order valence-electron chi connectivity index (χ4n) is 2.96. The molecule has 8 heteroatoms. The maximum Gasteiger partial charge on any atom is 0.346 e. The Morgan fingerprint density at radius 2 is 1.94 bits per heavy atom. The van der Waals surface area contributed by atoms with Crippen molar-refractivity contribution in [2.75, 3.05) is 7.11 Å². The van der Waals surface area contributed by atoms with Gasteiger partial charge in [-0.3, -0.25) is 4.79 Å². The van der Waals surface area contributed by atoms with E-state index in [1.165, 1.54) is 18.0 Å². The number of hydrogen-bond acceptors (Lipinski definition) is 6. The highest BCUT2D eigenvalue weighted by Gasteiger charge is 2.23. The highest BCUT2D eigenvalue weighted by atomic mass is 79.9. The predicted molar refractivity (Wildman–Crippen MR) is 124 cm³/mol. The summed E-state index contributed by atoms with van der Waals surface area (Å²) in [5, 5.41) is 4.92. The lowest BCUT2D eigenvalue weighted by Crippen LogP contribution is -2.29. The number of fused-ring (bicyclic) bond motifs is 1. The minimum absolute atomic E-state index is 0.270. The van der Waals surface area contributed by atoms with Gasteiger partial charge in [0.15, 0.2) is 6.10 Å². The molecule has 0 bridgehead atoms. The highest BCUT2D eigenvalue weighted by Crippen LogP contribution is 2.23. The molecule has 0 amide bonds. The fourth-order valence-corrected chi connectivity index (χ4v) is 3.32. The largest absolute Gasteiger partial charge is 0.478 e. The van der Waals surface area contributed by atoms with Crippen molar-refractivity contribution in [3.05, 3.63) is 68.7 Å². The lowest BCUT2D eigenvalue weighted by molar-refractivity contribution is -0.147. The van der Waals surface area contributed by atoms with Gasteiger partial charge >= 0.3 is 5.97 Å². The molecule has 0 radical (unpaired) electrons. The molecule has 1 heterocycles. The summed E-state index contributed by atoms with van der Waals surface area (Å²) in [5.74, 6) is 0.498. The van der Waals surface area contributed by atoms with E-state index in [-0.39, 0.29) is 5.56 Å². The average molecular weight is 486 g/mol. The number of benzene rings is 2. The first-order valence-electron chi connectivity index (χ1n) is 9.72. The number of halogens is 1. The number of nitrogens with zero attached hydrogens (tertiary/aromatic N) is 3. The molecule has 3 aromatic rings. The van der Waals surface area contributed by atoms with E-state index in [4.69, 9.17) is 14.5 Å². The summed E-state index contributed by atoms with van der Waals surface area (Å²) in [5.41, 5.74) is 0.529. The monoisotopic (exact) mass is 485 g/mol. The number of esters is 1. The molecule has 0 spiro atoms. The van der Waals surface area contributed by atoms with E-state index in [0.717, 1.165) is 4.47 Å². The topological polar surface area (TPSA) is 82.8 Å². The molecule has 0 aliphatic heterocycles. The molecule has 1 aromatic heterocycles. The zero-order valence-electron chi connectivity index (χ0n) is 18.0. The summed E-state index contributed by atoms with van der Waals surface area (Å²) in [4.78, 5) is 29.7. The predicted octanol–water partition coefficient (Wildman–Crippen LogP) is 4.28. The number of carbonyl (C=O) groups excluding carboxylic acids is 1. The Labute approximate surface area is 188 Å². The SMILES string of the molecule is COC(=O)[C@@H](C)Oc1ccccc1C=Nn1c(C(C)(C)C)nc2ccc(Br)cc2c1=O. The number of rotatable bonds is 5. The third-order valence-corrected chi connectivity index (χ3v) is 5.04. The van der Waals surface area contributed by atoms with Gasteiger partial charge in [-0.05, 0) is 37.3 Å². The molecule has 31 heavy (non-hydrogen) atoms. The zero-order chi connectivity index (χ0) is 22.8. The second-order valence-corrected chi connectivity index (χ2v) is 8.95. The van der Waals surface area contributed by atoms with Gasteiger partial charge in [-0.25, -0.2) is 9.78 Å². The molecule has 0 N–H and O–H groups in total. The molecule has 0 aliphatic rings. The van der Waals surface area contributed by atoms with Crippen LogP contribution in [0, 0.1) is 0 Å². The summed E-state index contributed by atoms with van der Waals surface area (Å²) in [6, 6.07) is 12.5. The van der Waals surface area contributed by atoms with E-state index in [1.807, 2.05) is 32.9 Å². The van der Waals surface area contributed by atoms with Crippen molar-refractivity contribution in [3.8, 4) is 5.75 Å². The number of hydrogen-bond donors (Lipinski definition) is 0. The molecule has 0 fully saturated rings. The molecule has 0 saturated carbocycles. The van der Waals surface area contributed by atoms with E-state index in [1.54, 1.807) is 37.3 Å². The third-order valence-electron chi connectivity index (χ3n) is 4.55. The zero-order valence-corrected chi connectivity index (χ0v) is 19.6. The first-order valence-corrected chi connectivity index (χ1v) is 10.5. The van der Waals surface area contributed by atoms with Gasteiger partial charge in [0.1, 0.15) is 11.6 Å². The van der Waals surface area contributed by atoms with Crippen LogP contribution in [0.15, 0.2) is 56.8 Å². The first kappa shape index (κ1) is 22.7. The number of para-hydroxylation sites is 1. The Morgan fingerprint density at radius 3 is 2.61 bits per heavy atom. The summed E-state index contributed by atoms with van der Waals surface area (Å²) in [7, 11) is 1.31. The second-order valence-electron chi connectivity index (χ2n) is 8.03. The Morgan fingerprint density at radius 1 is 1.23 bits per heavy atom. The highest BCUT2D eigenvalue weighted by molar-refractivity contribution is 9.10. The van der Waals surface area contributed by atoms with E-state index in [2.05, 4.69) is 21.0 Å². The van der Waals surface area contributed by atoms with Crippen molar-refractivity contribution >= 4 is 39.0 Å². The van der Waals surface area contributed by atoms with Crippen LogP contribution in [0.5, 0.6) is 5.75 Å². The summed E-state index contributed by atoms with van der Waals surface area (Å²) in [6.07, 6.45) is 0.744. The normalized spacial score (nSPS) is 12.8. The maximum atomic E-state index is 13.3. The maximum absolute atomic E-state index is 13.3. The van der Waals surface area contributed by atoms with Crippen LogP contribution in [0.25, 0.3) is 10.9 Å². The van der Waals surface area contributed by atoms with Crippen LogP contribution >= 0.6 is 15.9 Å². The molecule has 162 valence electrons. The van der Waals surface area contributed by atoms with E-state index >= 15 is 0 Å². The van der Waals surface area contributed by atoms with Crippen molar-refractivity contribution in [1.29, 1.82) is 0 Å². The summed E-state index contributed by atoms with van der Waals surface area (Å²) >= 11 is 3.41. The van der Waals surface area contributed by atoms with Crippen LogP contribution in [0.1, 0.15) is 39.1 Å². The van der Waals surface area contributed by atoms with Gasteiger partial charge in [0.2, 0.25) is 0 Å². The van der Waals surface area contributed by atoms with Crippen LogP contribution in [-0.4, -0.2) is 35.1 Å². The summed E-state index contributed by atoms with van der Waals surface area (Å²) in [6.45, 7) is 7.52. The van der Waals surface area contributed by atoms with Gasteiger partial charge in [-0.1, -0.05) is 48.8 Å². The van der Waals surface area contributed by atoms with Gasteiger partial charge in [0.25, 0.3) is 5.56 Å². The average Bonchev–Trinajstić information content (AvgIpc) is 2.72. The van der Waals surface area contributed by atoms with E-state index in [0.29, 0.717) is 28.0 Å². The Bertz CT molecular complexity index is 1210. The minimum Gasteiger partial charge on any atom is -0.478 e. The molecule has 0 aliphatic carbocycles. The van der Waals surface area contributed by atoms with Gasteiger partial charge in [0.05, 0.1) is 24.2 Å². The van der Waals surface area contributed by atoms with Gasteiger partial charge in [-0.15, -0.1) is 0 Å². The standard InChI is InChI=1S/C23H24BrN3O4/c1-14(21(29)30-5)31-19-9-7-6-8-15(19)13-25-27-20(28)17-12-16(24)10-11-18(17)26-22(27)23(2,3)4/h6-14H,1-5H3/t14-/m1/s1. The molecule has 1 atom stereocenters. The van der Waals surface area contributed by atoms with E-state index in [9.17, 15) is 9.59 Å². The van der Waals surface area contributed by atoms with Gasteiger partial charge in [-0.2, -0.15) is 9.78 Å². The molecule has 2 aromatic carbocycles. The first-order chi connectivity index (χ1) is 14.6. The summed E-state index contributed by atoms with van der Waals surface area (Å²) < 4.78 is 12.5. The smallest absolute Gasteiger partial charge is 0.346 e. The number of ether oxygens (including phenoxy) is 2. The van der Waals surface area contributed by atoms with Crippen molar-refractivity contribution in [2.24, 2.45) is 5.10 Å². The van der Waals surface area contributed by atoms with Crippen molar-refractivity contribution < 1.29 is 14.3 Å². The number of carbonyl (C=O) groups is 1. The van der Waals surface area contributed by atoms with Crippen LogP contribution in [0.3, 0.4) is 0 Å². The van der Waals surface area contributed by atoms with Crippen LogP contribution in [0.4, 0.5) is 0 Å². The fraction of sp³-hybridized carbons (Fsp3) is 0.304. The lowest BCUT2D eigenvalue weighted by atomic mass is 9.95. The van der Waals surface area contributed by atoms with Crippen molar-refractivity contribution in [1.82, 2.24) is 9.66 Å². The third kappa shape index (κ3) is 5.02. The van der Waals surface area contributed by atoms with Crippen LogP contribution in [-0.2, 0) is 14.9 Å². The van der Waals surface area contributed by atoms with Crippen molar-refractivity contribution in [3.63, 3.8) is 0 Å². The Hall–Kier alpha value is -3.00. The van der Waals surface area contributed by atoms with Crippen molar-refractivity contribution in [2.45, 2.75) is 39.2 Å². The van der Waals surface area contributed by atoms with Gasteiger partial charge < -0.3 is 9.47 Å².